The van der Waals surface area contributed by atoms with Crippen LogP contribution in [0, 0.1) is 5.41 Å². The highest BCUT2D eigenvalue weighted by Crippen LogP contribution is 2.20. The van der Waals surface area contributed by atoms with Crippen molar-refractivity contribution in [3.63, 3.8) is 0 Å². The van der Waals surface area contributed by atoms with E-state index >= 15 is 0 Å². The van der Waals surface area contributed by atoms with Gasteiger partial charge in [0.15, 0.2) is 0 Å². The average molecular weight is 267 g/mol. The van der Waals surface area contributed by atoms with Crippen molar-refractivity contribution in [1.82, 2.24) is 14.5 Å². The fourth-order valence-electron chi connectivity index (χ4n) is 2.16. The zero-order valence-corrected chi connectivity index (χ0v) is 13.1. The van der Waals surface area contributed by atoms with E-state index in [4.69, 9.17) is 0 Å². The molecule has 1 N–H and O–H groups in total. The molecule has 0 bridgehead atoms. The van der Waals surface area contributed by atoms with E-state index in [1.807, 2.05) is 17.0 Å². The molecule has 1 aromatic heterocycles. The van der Waals surface area contributed by atoms with Gasteiger partial charge in [-0.1, -0.05) is 34.6 Å². The Bertz CT molecular complexity index is 425. The Labute approximate surface area is 116 Å². The summed E-state index contributed by atoms with van der Waals surface area (Å²) in [5.74, 6) is 0. The van der Waals surface area contributed by atoms with E-state index in [1.54, 1.807) is 4.57 Å². The minimum atomic E-state index is 0.106. The first-order valence-corrected chi connectivity index (χ1v) is 7.39. The van der Waals surface area contributed by atoms with Gasteiger partial charge in [0.2, 0.25) is 0 Å². The first-order valence-electron chi connectivity index (χ1n) is 7.39. The molecule has 0 aliphatic carbocycles. The third kappa shape index (κ3) is 4.53. The van der Waals surface area contributed by atoms with Crippen LogP contribution in [-0.2, 0) is 13.1 Å². The van der Waals surface area contributed by atoms with Gasteiger partial charge < -0.3 is 5.32 Å². The van der Waals surface area contributed by atoms with E-state index in [0.29, 0.717) is 6.04 Å². The summed E-state index contributed by atoms with van der Waals surface area (Å²) in [4.78, 5) is 12.2. The Morgan fingerprint density at radius 3 is 2.32 bits per heavy atom. The lowest BCUT2D eigenvalue weighted by molar-refractivity contribution is 0.240. The van der Waals surface area contributed by atoms with E-state index < -0.39 is 0 Å². The van der Waals surface area contributed by atoms with Crippen LogP contribution in [0.15, 0.2) is 17.2 Å². The molecule has 1 rings (SSSR count). The van der Waals surface area contributed by atoms with Crippen LogP contribution in [-0.4, -0.2) is 21.7 Å². The lowest BCUT2D eigenvalue weighted by Gasteiger charge is -2.31. The van der Waals surface area contributed by atoms with Crippen LogP contribution in [0.25, 0.3) is 0 Å². The molecule has 4 heteroatoms. The van der Waals surface area contributed by atoms with Gasteiger partial charge in [-0.25, -0.2) is 4.79 Å². The van der Waals surface area contributed by atoms with Gasteiger partial charge in [-0.2, -0.15) is 0 Å². The van der Waals surface area contributed by atoms with Gasteiger partial charge >= 0.3 is 5.69 Å². The number of rotatable bonds is 7. The van der Waals surface area contributed by atoms with E-state index in [2.05, 4.69) is 39.9 Å². The molecule has 0 saturated carbocycles. The molecule has 0 amide bonds. The molecular formula is C15H29N3O. The molecule has 1 aromatic rings. The minimum absolute atomic E-state index is 0.106. The van der Waals surface area contributed by atoms with Crippen molar-refractivity contribution >= 4 is 0 Å². The smallest absolute Gasteiger partial charge is 0.312 e. The van der Waals surface area contributed by atoms with E-state index in [0.717, 1.165) is 32.5 Å². The van der Waals surface area contributed by atoms with Crippen LogP contribution in [0.2, 0.25) is 0 Å². The molecule has 0 saturated heterocycles. The summed E-state index contributed by atoms with van der Waals surface area (Å²) in [6.45, 7) is 13.4. The van der Waals surface area contributed by atoms with Crippen molar-refractivity contribution in [1.29, 1.82) is 0 Å². The standard InChI is InChI=1S/C15H29N3O/c1-6-8-16-13(15(3,4)5)12-18-11-10-17(9-7-2)14(18)19/h10-11,13,16H,6-9,12H2,1-5H3. The Hall–Kier alpha value is -1.03. The van der Waals surface area contributed by atoms with Crippen LogP contribution >= 0.6 is 0 Å². The van der Waals surface area contributed by atoms with Gasteiger partial charge in [0, 0.05) is 31.5 Å². The molecule has 19 heavy (non-hydrogen) atoms. The predicted molar refractivity (Wildman–Crippen MR) is 80.5 cm³/mol. The van der Waals surface area contributed by atoms with Gasteiger partial charge in [-0.3, -0.25) is 9.13 Å². The van der Waals surface area contributed by atoms with Crippen LogP contribution in [0.1, 0.15) is 47.5 Å². The number of hydrogen-bond acceptors (Lipinski definition) is 2. The fourth-order valence-corrected chi connectivity index (χ4v) is 2.16. The van der Waals surface area contributed by atoms with Crippen LogP contribution < -0.4 is 11.0 Å². The molecular weight excluding hydrogens is 238 g/mol. The summed E-state index contributed by atoms with van der Waals surface area (Å²) in [5, 5.41) is 3.56. The normalized spacial score (nSPS) is 13.7. The van der Waals surface area contributed by atoms with Crippen molar-refractivity contribution in [2.24, 2.45) is 5.41 Å². The fraction of sp³-hybridized carbons (Fsp3) is 0.800. The predicted octanol–water partition coefficient (Wildman–Crippen LogP) is 2.47. The summed E-state index contributed by atoms with van der Waals surface area (Å²) in [5.41, 5.74) is 0.246. The molecule has 0 aliphatic heterocycles. The molecule has 0 aliphatic rings. The zero-order chi connectivity index (χ0) is 14.5. The maximum absolute atomic E-state index is 12.2. The number of aromatic nitrogens is 2. The Morgan fingerprint density at radius 1 is 1.16 bits per heavy atom. The number of aryl methyl sites for hydroxylation is 1. The Morgan fingerprint density at radius 2 is 1.79 bits per heavy atom. The molecule has 1 atom stereocenters. The van der Waals surface area contributed by atoms with E-state index in [9.17, 15) is 4.79 Å². The summed E-state index contributed by atoms with van der Waals surface area (Å²) in [6.07, 6.45) is 5.90. The van der Waals surface area contributed by atoms with Gasteiger partial charge in [0.05, 0.1) is 0 Å². The first-order chi connectivity index (χ1) is 8.90. The largest absolute Gasteiger partial charge is 0.328 e. The summed E-state index contributed by atoms with van der Waals surface area (Å²) in [7, 11) is 0. The average Bonchev–Trinajstić information content (AvgIpc) is 2.66. The Kier molecular flexibility index (Phi) is 5.85. The van der Waals surface area contributed by atoms with Crippen LogP contribution in [0.3, 0.4) is 0 Å². The SMILES string of the molecule is CCCNC(Cn1ccn(CCC)c1=O)C(C)(C)C. The summed E-state index contributed by atoms with van der Waals surface area (Å²) < 4.78 is 3.62. The second-order valence-corrected chi connectivity index (χ2v) is 6.30. The topological polar surface area (TPSA) is 39.0 Å². The van der Waals surface area contributed by atoms with Crippen molar-refractivity contribution in [3.05, 3.63) is 22.9 Å². The van der Waals surface area contributed by atoms with Crippen LogP contribution in [0.5, 0.6) is 0 Å². The molecule has 0 fully saturated rings. The number of nitrogens with zero attached hydrogens (tertiary/aromatic N) is 2. The van der Waals surface area contributed by atoms with Gasteiger partial charge in [-0.15, -0.1) is 0 Å². The van der Waals surface area contributed by atoms with Crippen molar-refractivity contribution in [2.75, 3.05) is 6.54 Å². The van der Waals surface area contributed by atoms with Crippen molar-refractivity contribution in [3.8, 4) is 0 Å². The molecule has 1 unspecified atom stereocenters. The van der Waals surface area contributed by atoms with Gasteiger partial charge in [0.1, 0.15) is 0 Å². The van der Waals surface area contributed by atoms with Gasteiger partial charge in [-0.05, 0) is 24.8 Å². The molecule has 110 valence electrons. The molecule has 0 spiro atoms. The third-order valence-corrected chi connectivity index (χ3v) is 3.45. The summed E-state index contributed by atoms with van der Waals surface area (Å²) in [6, 6.07) is 0.308. The number of imidazole rings is 1. The van der Waals surface area contributed by atoms with E-state index in [1.165, 1.54) is 0 Å². The highest BCUT2D eigenvalue weighted by atomic mass is 16.1. The van der Waals surface area contributed by atoms with Crippen LogP contribution in [0.4, 0.5) is 0 Å². The minimum Gasteiger partial charge on any atom is -0.312 e. The first kappa shape index (κ1) is 16.0. The maximum Gasteiger partial charge on any atom is 0.328 e. The second kappa shape index (κ2) is 6.94. The monoisotopic (exact) mass is 267 g/mol. The third-order valence-electron chi connectivity index (χ3n) is 3.45. The molecule has 0 radical (unpaired) electrons. The highest BCUT2D eigenvalue weighted by Gasteiger charge is 2.24. The Balaban J connectivity index is 2.81. The highest BCUT2D eigenvalue weighted by molar-refractivity contribution is 4.87. The quantitative estimate of drug-likeness (QED) is 0.824. The summed E-state index contributed by atoms with van der Waals surface area (Å²) >= 11 is 0. The molecule has 4 nitrogen and oxygen atoms in total. The lowest BCUT2D eigenvalue weighted by Crippen LogP contribution is -2.45. The van der Waals surface area contributed by atoms with Gasteiger partial charge in [0.25, 0.3) is 0 Å². The van der Waals surface area contributed by atoms with Crippen molar-refractivity contribution in [2.45, 2.75) is 66.6 Å². The number of hydrogen-bond donors (Lipinski definition) is 1. The number of nitrogens with one attached hydrogen (secondary N) is 1. The zero-order valence-electron chi connectivity index (χ0n) is 13.1. The molecule has 1 heterocycles. The second-order valence-electron chi connectivity index (χ2n) is 6.30. The van der Waals surface area contributed by atoms with Crippen molar-refractivity contribution < 1.29 is 0 Å². The molecule has 0 aromatic carbocycles. The maximum atomic E-state index is 12.2. The lowest BCUT2D eigenvalue weighted by atomic mass is 9.86. The van der Waals surface area contributed by atoms with E-state index in [-0.39, 0.29) is 11.1 Å².